The fraction of sp³-hybridized carbons (Fsp3) is 0.100. The Kier molecular flexibility index (Phi) is 34.0. The third kappa shape index (κ3) is 26.6. The Morgan fingerprint density at radius 3 is 1.69 bits per heavy atom. The van der Waals surface area contributed by atoms with Crippen LogP contribution in [0.25, 0.3) is 70.5 Å². The minimum atomic E-state index is -0.226. The van der Waals surface area contributed by atoms with Gasteiger partial charge < -0.3 is 44.2 Å². The molecule has 0 unspecified atom stereocenters. The normalized spacial score (nSPS) is 10.6. The number of imidazole rings is 1. The molecular weight excluding hydrogens is 1840 g/mol. The van der Waals surface area contributed by atoms with E-state index in [1.165, 1.54) is 29.2 Å². The van der Waals surface area contributed by atoms with Gasteiger partial charge in [-0.3, -0.25) is 19.7 Å². The number of aryl methyl sites for hydroxylation is 2. The van der Waals surface area contributed by atoms with Crippen molar-refractivity contribution in [2.45, 2.75) is 18.5 Å². The number of amides is 2. The molecule has 2 amide bonds. The summed E-state index contributed by atoms with van der Waals surface area (Å²) in [6.45, 7) is 2.00. The number of hydrogen-bond acceptors (Lipinski definition) is 25. The molecule has 32 heteroatoms. The molecule has 0 spiro atoms. The predicted octanol–water partition coefficient (Wildman–Crippen LogP) is 27.2. The molecule has 9 aromatic heterocycles. The second-order valence-electron chi connectivity index (χ2n) is 25.4. The van der Waals surface area contributed by atoms with Crippen LogP contribution < -0.4 is 45.0 Å². The Labute approximate surface area is 764 Å². The average molecular weight is 1910 g/mol. The number of thioether (sulfide) groups is 1. The number of methoxy groups -OCH3 is 5. The van der Waals surface area contributed by atoms with E-state index in [2.05, 4.69) is 91.4 Å². The topological polar surface area (TPSA) is 228 Å². The molecule has 9 heterocycles. The molecule has 0 saturated heterocycles. The predicted molar refractivity (Wildman–Crippen MR) is 516 cm³/mol. The van der Waals surface area contributed by atoms with E-state index in [4.69, 9.17) is 58.5 Å². The third-order valence-electron chi connectivity index (χ3n) is 17.0. The van der Waals surface area contributed by atoms with Gasteiger partial charge in [0.2, 0.25) is 5.91 Å². The van der Waals surface area contributed by atoms with Gasteiger partial charge in [0.15, 0.2) is 20.6 Å². The quantitative estimate of drug-likeness (QED) is 0.0326. The monoisotopic (exact) mass is 1910 g/mol. The number of hydrogen-bond donors (Lipinski definition) is 4. The van der Waals surface area contributed by atoms with E-state index in [-0.39, 0.29) is 17.6 Å². The molecule has 0 radical (unpaired) electrons. The maximum atomic E-state index is 12.3. The minimum Gasteiger partial charge on any atom is -0.497 e. The van der Waals surface area contributed by atoms with Crippen LogP contribution >= 0.6 is 153 Å². The van der Waals surface area contributed by atoms with Crippen molar-refractivity contribution < 1.29 is 38.1 Å². The van der Waals surface area contributed by atoms with E-state index in [0.29, 0.717) is 50.1 Å². The summed E-state index contributed by atoms with van der Waals surface area (Å²) in [7, 11) is 9.92. The number of carbonyl (C=O) groups is 3. The number of ether oxygens (including phenoxy) is 5. The lowest BCUT2D eigenvalue weighted by molar-refractivity contribution is -0.116. The molecule has 122 heavy (non-hydrogen) atoms. The molecule has 0 aliphatic heterocycles. The van der Waals surface area contributed by atoms with Gasteiger partial charge in [0.05, 0.1) is 105 Å². The van der Waals surface area contributed by atoms with Crippen LogP contribution in [0.4, 0.5) is 32.5 Å². The fourth-order valence-corrected chi connectivity index (χ4v) is 18.7. The first-order valence-electron chi connectivity index (χ1n) is 36.7. The zero-order chi connectivity index (χ0) is 85.7. The van der Waals surface area contributed by atoms with Crippen molar-refractivity contribution >= 4 is 220 Å². The standard InChI is InChI=1S/C21H19NO3.C17H14N2O2S.2C14H11ClN2OS2.C13H13BrN2OS.C11H7ClN2S3/c1-24-17-11-12-19(20(14-17)25-2)22-21(23)13-10-16-8-5-7-15-6-3-4-9-18(15)16;1-21-14-9-7-13(8-10-14)16(20)19-17-18-15(11-22-17)12-5-3-2-4-6-12;2*1-18-12-5-4-9(15)7-10(12)16-14-17-11(8-20-14)13-3-2-6-19-13;1-16-7-6-15-13(16)18-9-12(17)8-10-2-4-11(14)5-3-10;1-6-13-8(5-15-6)11-14-7(4-16-11)9-2-3-10(12)17-9/h3-14H,1-2H3,(H,22,23);2-11H,1H3,(H,18,19,20);2*2-8H,1H3,(H,16,17);2-7H,8-9H2,1H3;2-5H,1H3/b13-10+;;;;;. The van der Waals surface area contributed by atoms with Gasteiger partial charge in [-0.05, 0) is 155 Å². The summed E-state index contributed by atoms with van der Waals surface area (Å²) in [6, 6.07) is 67.0. The van der Waals surface area contributed by atoms with E-state index >= 15 is 0 Å². The van der Waals surface area contributed by atoms with Crippen molar-refractivity contribution in [1.29, 1.82) is 0 Å². The summed E-state index contributed by atoms with van der Waals surface area (Å²) in [5.41, 5.74) is 10.6. The van der Waals surface area contributed by atoms with Gasteiger partial charge in [-0.15, -0.1) is 90.7 Å². The molecule has 17 rings (SSSR count). The van der Waals surface area contributed by atoms with Crippen molar-refractivity contribution in [2.75, 3.05) is 62.6 Å². The van der Waals surface area contributed by atoms with Gasteiger partial charge in [-0.25, -0.2) is 29.9 Å². The van der Waals surface area contributed by atoms with Crippen molar-refractivity contribution in [3.05, 3.63) is 309 Å². The van der Waals surface area contributed by atoms with Crippen LogP contribution in [0.1, 0.15) is 26.5 Å². The molecule has 19 nitrogen and oxygen atoms in total. The molecule has 17 aromatic rings. The molecular formula is C90H75BrCl3N11O8S9. The van der Waals surface area contributed by atoms with Crippen LogP contribution in [0.2, 0.25) is 14.4 Å². The molecule has 8 aromatic carbocycles. The van der Waals surface area contributed by atoms with E-state index in [0.717, 1.165) is 133 Å². The van der Waals surface area contributed by atoms with E-state index < -0.39 is 0 Å². The molecule has 0 bridgehead atoms. The summed E-state index contributed by atoms with van der Waals surface area (Å²) in [4.78, 5) is 66.5. The number of thiophene rings is 3. The number of nitrogens with one attached hydrogen (secondary N) is 4. The SMILES string of the molecule is COc1ccc(C(=O)Nc2nc(-c3ccccc3)cs2)cc1.COc1ccc(Cl)cc1Nc1nc(-c2cccs2)cs1.COc1ccc(Cl)cc1Nc1nc(-c2cccs2)cs1.COc1ccc(NC(=O)/C=C/c2cccc3ccccc23)c(OC)c1.Cc1nc(-c2nc(-c3ccc(Cl)s3)cs2)cs1.Cn1ccnc1SCC(=O)Cc1ccc(Br)cc1. The van der Waals surface area contributed by atoms with E-state index in [1.54, 1.807) is 176 Å². The van der Waals surface area contributed by atoms with Crippen LogP contribution in [0, 0.1) is 6.92 Å². The highest BCUT2D eigenvalue weighted by atomic mass is 79.9. The number of aromatic nitrogens is 7. The number of thiazole rings is 5. The number of fused-ring (bicyclic) bond motifs is 1. The van der Waals surface area contributed by atoms with Crippen LogP contribution in [-0.4, -0.2) is 93.4 Å². The largest absolute Gasteiger partial charge is 0.497 e. The van der Waals surface area contributed by atoms with Gasteiger partial charge in [-0.1, -0.05) is 160 Å². The number of halogens is 4. The van der Waals surface area contributed by atoms with Gasteiger partial charge in [0.1, 0.15) is 45.2 Å². The first kappa shape index (κ1) is 90.4. The van der Waals surface area contributed by atoms with E-state index in [1.807, 2.05) is 202 Å². The molecule has 0 fully saturated rings. The number of ketones is 1. The lowest BCUT2D eigenvalue weighted by Gasteiger charge is -2.10. The lowest BCUT2D eigenvalue weighted by Crippen LogP contribution is -2.11. The van der Waals surface area contributed by atoms with E-state index in [9.17, 15) is 14.4 Å². The summed E-state index contributed by atoms with van der Waals surface area (Å²) in [6.07, 6.45) is 7.42. The molecule has 620 valence electrons. The lowest BCUT2D eigenvalue weighted by atomic mass is 10.0. The summed E-state index contributed by atoms with van der Waals surface area (Å²) < 4.78 is 29.9. The number of benzene rings is 8. The Hall–Kier alpha value is -10.9. The van der Waals surface area contributed by atoms with Crippen LogP contribution in [-0.2, 0) is 23.1 Å². The minimum absolute atomic E-state index is 0.184. The number of Topliss-reactive ketones (excluding diaryl/α,β-unsaturated/α-hetero) is 1. The Balaban J connectivity index is 0.000000134. The zero-order valence-corrected chi connectivity index (χ0v) is 77.3. The van der Waals surface area contributed by atoms with Crippen LogP contribution in [0.15, 0.2) is 278 Å². The molecule has 4 N–H and O–H groups in total. The Morgan fingerprint density at radius 1 is 0.508 bits per heavy atom. The van der Waals surface area contributed by atoms with Crippen molar-refractivity contribution in [3.8, 4) is 82.4 Å². The molecule has 0 saturated carbocycles. The van der Waals surface area contributed by atoms with Gasteiger partial charge >= 0.3 is 0 Å². The van der Waals surface area contributed by atoms with Crippen LogP contribution in [0.3, 0.4) is 0 Å². The number of nitrogens with zero attached hydrogens (tertiary/aromatic N) is 7. The van der Waals surface area contributed by atoms with Crippen LogP contribution in [0.5, 0.6) is 28.7 Å². The molecule has 0 aliphatic carbocycles. The van der Waals surface area contributed by atoms with Gasteiger partial charge in [-0.2, -0.15) is 0 Å². The number of anilines is 6. The number of rotatable bonds is 24. The second kappa shape index (κ2) is 45.9. The van der Waals surface area contributed by atoms with Gasteiger partial charge in [0.25, 0.3) is 5.91 Å². The third-order valence-corrected chi connectivity index (χ3v) is 26.1. The van der Waals surface area contributed by atoms with Crippen molar-refractivity contribution in [3.63, 3.8) is 0 Å². The highest BCUT2D eigenvalue weighted by Gasteiger charge is 2.17. The highest BCUT2D eigenvalue weighted by Crippen LogP contribution is 2.39. The highest BCUT2D eigenvalue weighted by molar-refractivity contribution is 9.10. The maximum absolute atomic E-state index is 12.3. The first-order valence-corrected chi connectivity index (χ1v) is 46.6. The summed E-state index contributed by atoms with van der Waals surface area (Å²) >= 11 is 35.5. The first-order chi connectivity index (χ1) is 59.4. The molecule has 0 atom stereocenters. The fourth-order valence-electron chi connectivity index (χ4n) is 11.1. The second-order valence-corrected chi connectivity index (χ2v) is 36.2. The maximum Gasteiger partial charge on any atom is 0.257 e. The van der Waals surface area contributed by atoms with Crippen molar-refractivity contribution in [2.24, 2.45) is 7.05 Å². The van der Waals surface area contributed by atoms with Crippen molar-refractivity contribution in [1.82, 2.24) is 34.5 Å². The smallest absolute Gasteiger partial charge is 0.257 e. The zero-order valence-electron chi connectivity index (χ0n) is 66.1. The van der Waals surface area contributed by atoms with Gasteiger partial charge in [0, 0.05) is 90.5 Å². The average Bonchev–Trinajstić information content (AvgIpc) is 1.56. The number of carbonyl (C=O) groups excluding carboxylic acids is 3. The Morgan fingerprint density at radius 2 is 1.10 bits per heavy atom. The summed E-state index contributed by atoms with van der Waals surface area (Å²) in [5, 5.41) is 35.0. The molecule has 0 aliphatic rings. The summed E-state index contributed by atoms with van der Waals surface area (Å²) in [5.74, 6) is 3.67. The Bertz CT molecular complexity index is 6070.